The van der Waals surface area contributed by atoms with Crippen LogP contribution in [-0.2, 0) is 6.18 Å². The minimum absolute atomic E-state index is 0.0125. The first-order chi connectivity index (χ1) is 11.2. The fourth-order valence-electron chi connectivity index (χ4n) is 1.95. The maximum atomic E-state index is 13.1. The highest BCUT2D eigenvalue weighted by Crippen LogP contribution is 2.37. The summed E-state index contributed by atoms with van der Waals surface area (Å²) in [7, 11) is 0. The number of nitrogens with one attached hydrogen (secondary N) is 2. The van der Waals surface area contributed by atoms with Crippen molar-refractivity contribution in [2.75, 3.05) is 5.32 Å². The Morgan fingerprint density at radius 2 is 1.92 bits per heavy atom. The third kappa shape index (κ3) is 4.61. The van der Waals surface area contributed by atoms with Crippen LogP contribution in [0, 0.1) is 0 Å². The molecule has 0 atom stereocenters. The van der Waals surface area contributed by atoms with Crippen molar-refractivity contribution in [1.29, 1.82) is 0 Å². The molecular weight excluding hydrogens is 343 g/mol. The summed E-state index contributed by atoms with van der Waals surface area (Å²) < 4.78 is 39.2. The smallest absolute Gasteiger partial charge is 0.350 e. The van der Waals surface area contributed by atoms with Gasteiger partial charge in [0.25, 0.3) is 5.91 Å². The Hall–Kier alpha value is -2.28. The van der Waals surface area contributed by atoms with E-state index in [2.05, 4.69) is 15.6 Å². The van der Waals surface area contributed by atoms with E-state index in [1.165, 1.54) is 30.5 Å². The van der Waals surface area contributed by atoms with Gasteiger partial charge in [-0.1, -0.05) is 11.6 Å². The summed E-state index contributed by atoms with van der Waals surface area (Å²) in [6.45, 7) is 3.64. The number of aromatic nitrogens is 1. The van der Waals surface area contributed by atoms with Crippen molar-refractivity contribution in [3.8, 4) is 0 Å². The molecule has 0 aliphatic heterocycles. The number of alkyl halides is 3. The minimum atomic E-state index is -4.55. The number of carbonyl (C=O) groups excluding carboxylic acids is 1. The molecule has 4 nitrogen and oxygen atoms in total. The van der Waals surface area contributed by atoms with E-state index in [1.807, 2.05) is 13.8 Å². The lowest BCUT2D eigenvalue weighted by atomic mass is 10.1. The van der Waals surface area contributed by atoms with E-state index in [4.69, 9.17) is 11.6 Å². The fourth-order valence-corrected chi connectivity index (χ4v) is 2.12. The first kappa shape index (κ1) is 18.1. The van der Waals surface area contributed by atoms with Crippen LogP contribution in [0.15, 0.2) is 36.5 Å². The predicted molar refractivity (Wildman–Crippen MR) is 86.6 cm³/mol. The summed E-state index contributed by atoms with van der Waals surface area (Å²) in [5, 5.41) is 5.28. The molecule has 2 rings (SSSR count). The molecule has 24 heavy (non-hydrogen) atoms. The molecule has 0 radical (unpaired) electrons. The van der Waals surface area contributed by atoms with Crippen LogP contribution in [0.1, 0.15) is 29.8 Å². The van der Waals surface area contributed by atoms with Gasteiger partial charge in [0.1, 0.15) is 5.82 Å². The second kappa shape index (κ2) is 7.09. The highest BCUT2D eigenvalue weighted by atomic mass is 35.5. The number of anilines is 2. The summed E-state index contributed by atoms with van der Waals surface area (Å²) in [5.41, 5.74) is -0.737. The number of rotatable bonds is 4. The lowest BCUT2D eigenvalue weighted by molar-refractivity contribution is -0.136. The number of halogens is 4. The van der Waals surface area contributed by atoms with Crippen molar-refractivity contribution in [2.24, 2.45) is 0 Å². The number of pyridine rings is 1. The molecule has 0 saturated carbocycles. The summed E-state index contributed by atoms with van der Waals surface area (Å²) in [4.78, 5) is 15.8. The van der Waals surface area contributed by atoms with E-state index >= 15 is 0 Å². The molecule has 0 saturated heterocycles. The van der Waals surface area contributed by atoms with E-state index in [9.17, 15) is 18.0 Å². The van der Waals surface area contributed by atoms with Gasteiger partial charge in [0.15, 0.2) is 0 Å². The maximum absolute atomic E-state index is 13.1. The summed E-state index contributed by atoms with van der Waals surface area (Å²) in [6.07, 6.45) is -3.26. The number of amides is 1. The molecule has 0 fully saturated rings. The fraction of sp³-hybridized carbons (Fsp3) is 0.250. The summed E-state index contributed by atoms with van der Waals surface area (Å²) in [5.74, 6) is -0.115. The average molecular weight is 358 g/mol. The van der Waals surface area contributed by atoms with E-state index in [0.717, 1.165) is 6.07 Å². The van der Waals surface area contributed by atoms with Crippen LogP contribution in [0.5, 0.6) is 0 Å². The number of hydrogen-bond donors (Lipinski definition) is 2. The summed E-state index contributed by atoms with van der Waals surface area (Å²) >= 11 is 5.64. The molecule has 2 N–H and O–H groups in total. The third-order valence-corrected chi connectivity index (χ3v) is 3.23. The largest absolute Gasteiger partial charge is 0.418 e. The molecule has 0 bridgehead atoms. The van der Waals surface area contributed by atoms with Gasteiger partial charge in [0.05, 0.1) is 16.8 Å². The molecule has 1 amide bonds. The highest BCUT2D eigenvalue weighted by molar-refractivity contribution is 6.30. The Labute approximate surface area is 142 Å². The Balaban J connectivity index is 2.22. The quantitative estimate of drug-likeness (QED) is 0.838. The van der Waals surface area contributed by atoms with Crippen molar-refractivity contribution in [3.63, 3.8) is 0 Å². The van der Waals surface area contributed by atoms with E-state index in [1.54, 1.807) is 0 Å². The van der Waals surface area contributed by atoms with Crippen molar-refractivity contribution in [3.05, 3.63) is 52.7 Å². The number of hydrogen-bond acceptors (Lipinski definition) is 3. The predicted octanol–water partition coefficient (Wildman–Crippen LogP) is 4.64. The number of carbonyl (C=O) groups is 1. The zero-order valence-corrected chi connectivity index (χ0v) is 13.7. The number of benzene rings is 1. The molecule has 0 aliphatic rings. The topological polar surface area (TPSA) is 54.0 Å². The van der Waals surface area contributed by atoms with Gasteiger partial charge in [-0.15, -0.1) is 0 Å². The van der Waals surface area contributed by atoms with Crippen molar-refractivity contribution in [1.82, 2.24) is 10.3 Å². The van der Waals surface area contributed by atoms with E-state index in [-0.39, 0.29) is 28.5 Å². The van der Waals surface area contributed by atoms with Crippen molar-refractivity contribution < 1.29 is 18.0 Å². The van der Waals surface area contributed by atoms with Crippen LogP contribution >= 0.6 is 11.6 Å². The molecule has 1 aromatic carbocycles. The molecule has 1 heterocycles. The van der Waals surface area contributed by atoms with Crippen LogP contribution < -0.4 is 10.6 Å². The van der Waals surface area contributed by atoms with Gasteiger partial charge in [0.2, 0.25) is 0 Å². The SMILES string of the molecule is CC(C)NC(=O)c1ccc(Nc2ccc(Cl)cc2C(F)(F)F)nc1. The molecular formula is C16H15ClF3N3O. The van der Waals surface area contributed by atoms with Gasteiger partial charge in [0, 0.05) is 17.3 Å². The van der Waals surface area contributed by atoms with Gasteiger partial charge >= 0.3 is 6.18 Å². The second-order valence-corrected chi connectivity index (χ2v) is 5.81. The van der Waals surface area contributed by atoms with Gasteiger partial charge in [-0.3, -0.25) is 4.79 Å². The molecule has 8 heteroatoms. The lowest BCUT2D eigenvalue weighted by Crippen LogP contribution is -2.30. The Kier molecular flexibility index (Phi) is 5.33. The number of nitrogens with zero attached hydrogens (tertiary/aromatic N) is 1. The lowest BCUT2D eigenvalue weighted by Gasteiger charge is -2.14. The first-order valence-corrected chi connectivity index (χ1v) is 7.45. The zero-order valence-electron chi connectivity index (χ0n) is 12.9. The van der Waals surface area contributed by atoms with Gasteiger partial charge in [-0.25, -0.2) is 4.98 Å². The Morgan fingerprint density at radius 1 is 1.21 bits per heavy atom. The zero-order chi connectivity index (χ0) is 17.9. The van der Waals surface area contributed by atoms with Gasteiger partial charge < -0.3 is 10.6 Å². The monoisotopic (exact) mass is 357 g/mol. The van der Waals surface area contributed by atoms with Crippen molar-refractivity contribution >= 4 is 29.0 Å². The van der Waals surface area contributed by atoms with E-state index < -0.39 is 11.7 Å². The molecule has 0 spiro atoms. The normalized spacial score (nSPS) is 11.5. The molecule has 0 unspecified atom stereocenters. The molecule has 128 valence electrons. The second-order valence-electron chi connectivity index (χ2n) is 5.37. The maximum Gasteiger partial charge on any atom is 0.418 e. The van der Waals surface area contributed by atoms with Crippen molar-refractivity contribution in [2.45, 2.75) is 26.1 Å². The third-order valence-electron chi connectivity index (χ3n) is 3.00. The average Bonchev–Trinajstić information content (AvgIpc) is 2.48. The minimum Gasteiger partial charge on any atom is -0.350 e. The van der Waals surface area contributed by atoms with E-state index in [0.29, 0.717) is 5.56 Å². The highest BCUT2D eigenvalue weighted by Gasteiger charge is 2.33. The van der Waals surface area contributed by atoms with Gasteiger partial charge in [-0.05, 0) is 44.2 Å². The molecule has 1 aromatic heterocycles. The molecule has 0 aliphatic carbocycles. The Morgan fingerprint density at radius 3 is 2.46 bits per heavy atom. The van der Waals surface area contributed by atoms with Crippen LogP contribution in [0.25, 0.3) is 0 Å². The van der Waals surface area contributed by atoms with Crippen LogP contribution in [0.4, 0.5) is 24.7 Å². The first-order valence-electron chi connectivity index (χ1n) is 7.07. The Bertz CT molecular complexity index is 730. The van der Waals surface area contributed by atoms with Crippen LogP contribution in [0.2, 0.25) is 5.02 Å². The van der Waals surface area contributed by atoms with Crippen LogP contribution in [0.3, 0.4) is 0 Å². The standard InChI is InChI=1S/C16H15ClF3N3O/c1-9(2)22-15(24)10-3-6-14(21-8-10)23-13-5-4-11(17)7-12(13)16(18,19)20/h3-9H,1-2H3,(H,21,23)(H,22,24). The molecule has 2 aromatic rings. The summed E-state index contributed by atoms with van der Waals surface area (Å²) in [6, 6.07) is 6.31. The van der Waals surface area contributed by atoms with Crippen LogP contribution in [-0.4, -0.2) is 16.9 Å². The van der Waals surface area contributed by atoms with Gasteiger partial charge in [-0.2, -0.15) is 13.2 Å².